The van der Waals surface area contributed by atoms with Gasteiger partial charge in [0.25, 0.3) is 5.56 Å². The molecule has 4 nitrogen and oxygen atoms in total. The largest absolute Gasteiger partial charge is 0.477 e. The number of pyridine rings is 1. The molecule has 0 spiro atoms. The first-order valence-electron chi connectivity index (χ1n) is 5.03. The Bertz CT molecular complexity index is 565. The molecule has 0 aliphatic heterocycles. The van der Waals surface area contributed by atoms with Crippen LogP contribution in [0, 0.1) is 0 Å². The van der Waals surface area contributed by atoms with Crippen molar-refractivity contribution >= 4 is 21.6 Å². The second kappa shape index (κ2) is 4.65. The zero-order valence-corrected chi connectivity index (χ0v) is 10.4. The molecular formula is C11H11BrN2O2. The maximum Gasteiger partial charge on any atom is 0.276 e. The molecule has 0 radical (unpaired) electrons. The molecule has 0 bridgehead atoms. The lowest BCUT2D eigenvalue weighted by Gasteiger charge is -2.07. The standard InChI is InChI=1S/C11H11BrN2O2/c1-2-7-16-10-9(12)11(15)14-6-4-3-5-8(14)13-10/h3-6H,2,7H2,1H3. The first kappa shape index (κ1) is 11.1. The monoisotopic (exact) mass is 282 g/mol. The fourth-order valence-corrected chi connectivity index (χ4v) is 1.74. The number of fused-ring (bicyclic) bond motifs is 1. The Kier molecular flexibility index (Phi) is 3.24. The Morgan fingerprint density at radius 3 is 3.06 bits per heavy atom. The molecule has 2 aromatic rings. The second-order valence-electron chi connectivity index (χ2n) is 3.31. The van der Waals surface area contributed by atoms with E-state index in [4.69, 9.17) is 4.74 Å². The molecule has 2 rings (SSSR count). The van der Waals surface area contributed by atoms with Crippen LogP contribution in [-0.2, 0) is 0 Å². The van der Waals surface area contributed by atoms with Crippen molar-refractivity contribution in [2.75, 3.05) is 6.61 Å². The molecule has 0 amide bonds. The average molecular weight is 283 g/mol. The summed E-state index contributed by atoms with van der Waals surface area (Å²) in [5.41, 5.74) is 0.429. The summed E-state index contributed by atoms with van der Waals surface area (Å²) in [6, 6.07) is 5.39. The van der Waals surface area contributed by atoms with E-state index in [1.54, 1.807) is 18.3 Å². The van der Waals surface area contributed by atoms with Crippen molar-refractivity contribution in [3.8, 4) is 5.88 Å². The van der Waals surface area contributed by atoms with Gasteiger partial charge in [-0.3, -0.25) is 9.20 Å². The van der Waals surface area contributed by atoms with Gasteiger partial charge >= 0.3 is 0 Å². The molecule has 5 heteroatoms. The predicted molar refractivity (Wildman–Crippen MR) is 64.9 cm³/mol. The summed E-state index contributed by atoms with van der Waals surface area (Å²) in [4.78, 5) is 16.2. The van der Waals surface area contributed by atoms with E-state index in [2.05, 4.69) is 20.9 Å². The molecule has 0 saturated carbocycles. The van der Waals surface area contributed by atoms with Crippen LogP contribution >= 0.6 is 15.9 Å². The van der Waals surface area contributed by atoms with Gasteiger partial charge in [0, 0.05) is 6.20 Å². The first-order chi connectivity index (χ1) is 7.74. The topological polar surface area (TPSA) is 43.6 Å². The van der Waals surface area contributed by atoms with Gasteiger partial charge in [0.2, 0.25) is 5.88 Å². The predicted octanol–water partition coefficient (Wildman–Crippen LogP) is 2.25. The van der Waals surface area contributed by atoms with Crippen molar-refractivity contribution < 1.29 is 4.74 Å². The Hall–Kier alpha value is -1.36. The summed E-state index contributed by atoms with van der Waals surface area (Å²) in [5, 5.41) is 0. The first-order valence-corrected chi connectivity index (χ1v) is 5.83. The molecule has 2 heterocycles. The number of ether oxygens (including phenoxy) is 1. The van der Waals surface area contributed by atoms with Crippen LogP contribution in [0.1, 0.15) is 13.3 Å². The molecule has 0 aliphatic rings. The molecule has 84 valence electrons. The minimum atomic E-state index is -0.156. The van der Waals surface area contributed by atoms with Gasteiger partial charge in [-0.25, -0.2) is 0 Å². The Morgan fingerprint density at radius 1 is 1.50 bits per heavy atom. The van der Waals surface area contributed by atoms with E-state index in [1.165, 1.54) is 4.40 Å². The number of hydrogen-bond donors (Lipinski definition) is 0. The molecule has 0 fully saturated rings. The summed E-state index contributed by atoms with van der Waals surface area (Å²) in [5.74, 6) is 0.359. The molecule has 0 saturated heterocycles. The normalized spacial score (nSPS) is 10.6. The minimum Gasteiger partial charge on any atom is -0.477 e. The van der Waals surface area contributed by atoms with Crippen LogP contribution in [0.15, 0.2) is 33.7 Å². The third-order valence-corrected chi connectivity index (χ3v) is 2.77. The Labute approximate surface area is 101 Å². The second-order valence-corrected chi connectivity index (χ2v) is 4.11. The molecule has 0 atom stereocenters. The molecule has 0 unspecified atom stereocenters. The summed E-state index contributed by atoms with van der Waals surface area (Å²) in [6.45, 7) is 2.55. The summed E-state index contributed by atoms with van der Waals surface area (Å²) in [6.07, 6.45) is 2.56. The maximum absolute atomic E-state index is 11.9. The molecule has 0 N–H and O–H groups in total. The zero-order valence-electron chi connectivity index (χ0n) is 8.81. The molecule has 0 aromatic carbocycles. The average Bonchev–Trinajstić information content (AvgIpc) is 2.32. The van der Waals surface area contributed by atoms with E-state index in [0.717, 1.165) is 6.42 Å². The van der Waals surface area contributed by atoms with Gasteiger partial charge in [0.05, 0.1) is 6.61 Å². The van der Waals surface area contributed by atoms with Gasteiger partial charge < -0.3 is 4.74 Å². The van der Waals surface area contributed by atoms with E-state index < -0.39 is 0 Å². The molecule has 0 aliphatic carbocycles. The highest BCUT2D eigenvalue weighted by atomic mass is 79.9. The smallest absolute Gasteiger partial charge is 0.276 e. The summed E-state index contributed by atoms with van der Waals surface area (Å²) in [7, 11) is 0. The van der Waals surface area contributed by atoms with E-state index in [9.17, 15) is 4.79 Å². The number of halogens is 1. The lowest BCUT2D eigenvalue weighted by Crippen LogP contribution is -2.17. The van der Waals surface area contributed by atoms with Crippen molar-refractivity contribution in [1.29, 1.82) is 0 Å². The van der Waals surface area contributed by atoms with E-state index in [0.29, 0.717) is 22.6 Å². The van der Waals surface area contributed by atoms with Gasteiger partial charge in [0.15, 0.2) is 0 Å². The van der Waals surface area contributed by atoms with Crippen LogP contribution in [-0.4, -0.2) is 16.0 Å². The van der Waals surface area contributed by atoms with Crippen molar-refractivity contribution in [1.82, 2.24) is 9.38 Å². The van der Waals surface area contributed by atoms with Gasteiger partial charge in [-0.1, -0.05) is 13.0 Å². The van der Waals surface area contributed by atoms with Gasteiger partial charge in [-0.15, -0.1) is 0 Å². The van der Waals surface area contributed by atoms with Crippen LogP contribution in [0.2, 0.25) is 0 Å². The summed E-state index contributed by atoms with van der Waals surface area (Å²) < 4.78 is 7.24. The van der Waals surface area contributed by atoms with E-state index >= 15 is 0 Å². The highest BCUT2D eigenvalue weighted by molar-refractivity contribution is 9.10. The fourth-order valence-electron chi connectivity index (χ4n) is 1.34. The fraction of sp³-hybridized carbons (Fsp3) is 0.273. The Morgan fingerprint density at radius 2 is 2.31 bits per heavy atom. The van der Waals surface area contributed by atoms with E-state index in [-0.39, 0.29) is 5.56 Å². The van der Waals surface area contributed by atoms with Crippen LogP contribution in [0.25, 0.3) is 5.65 Å². The van der Waals surface area contributed by atoms with E-state index in [1.807, 2.05) is 13.0 Å². The van der Waals surface area contributed by atoms with Gasteiger partial charge in [-0.05, 0) is 34.5 Å². The Balaban J connectivity index is 2.60. The SMILES string of the molecule is CCCOc1nc2ccccn2c(=O)c1Br. The maximum atomic E-state index is 11.9. The quantitative estimate of drug-likeness (QED) is 0.867. The number of nitrogens with zero attached hydrogens (tertiary/aromatic N) is 2. The van der Waals surface area contributed by atoms with Crippen molar-refractivity contribution in [2.24, 2.45) is 0 Å². The van der Waals surface area contributed by atoms with Gasteiger partial charge in [-0.2, -0.15) is 4.98 Å². The van der Waals surface area contributed by atoms with Crippen LogP contribution in [0.4, 0.5) is 0 Å². The van der Waals surface area contributed by atoms with Crippen molar-refractivity contribution in [3.63, 3.8) is 0 Å². The third kappa shape index (κ3) is 1.95. The summed E-state index contributed by atoms with van der Waals surface area (Å²) >= 11 is 3.21. The van der Waals surface area contributed by atoms with Crippen molar-refractivity contribution in [2.45, 2.75) is 13.3 Å². The zero-order chi connectivity index (χ0) is 11.5. The van der Waals surface area contributed by atoms with Crippen molar-refractivity contribution in [3.05, 3.63) is 39.2 Å². The van der Waals surface area contributed by atoms with Crippen LogP contribution < -0.4 is 10.3 Å². The van der Waals surface area contributed by atoms with Crippen LogP contribution in [0.5, 0.6) is 5.88 Å². The van der Waals surface area contributed by atoms with Crippen LogP contribution in [0.3, 0.4) is 0 Å². The molecular weight excluding hydrogens is 272 g/mol. The minimum absolute atomic E-state index is 0.156. The number of rotatable bonds is 3. The number of hydrogen-bond acceptors (Lipinski definition) is 3. The van der Waals surface area contributed by atoms with Gasteiger partial charge in [0.1, 0.15) is 10.1 Å². The molecule has 16 heavy (non-hydrogen) atoms. The lowest BCUT2D eigenvalue weighted by atomic mass is 10.4. The highest BCUT2D eigenvalue weighted by Crippen LogP contribution is 2.18. The number of aromatic nitrogens is 2. The highest BCUT2D eigenvalue weighted by Gasteiger charge is 2.10. The molecule has 2 aromatic heterocycles. The third-order valence-electron chi connectivity index (χ3n) is 2.09. The lowest BCUT2D eigenvalue weighted by molar-refractivity contribution is 0.303.